The van der Waals surface area contributed by atoms with Crippen LogP contribution in [-0.2, 0) is 16.0 Å². The fourth-order valence-electron chi connectivity index (χ4n) is 2.12. The molecule has 106 valence electrons. The summed E-state index contributed by atoms with van der Waals surface area (Å²) in [7, 11) is 1.90. The molecule has 0 unspecified atom stereocenters. The van der Waals surface area contributed by atoms with Crippen LogP contribution in [0.1, 0.15) is 11.3 Å². The number of hydrogen-bond acceptors (Lipinski definition) is 4. The highest BCUT2D eigenvalue weighted by Gasteiger charge is 2.13. The van der Waals surface area contributed by atoms with Gasteiger partial charge in [0.1, 0.15) is 0 Å². The van der Waals surface area contributed by atoms with Gasteiger partial charge in [0.25, 0.3) is 0 Å². The van der Waals surface area contributed by atoms with Gasteiger partial charge in [-0.25, -0.2) is 0 Å². The highest BCUT2D eigenvalue weighted by atomic mass is 32.1. The lowest BCUT2D eigenvalue weighted by Gasteiger charge is -2.28. The fraction of sp³-hybridized carbons (Fsp3) is 0.643. The van der Waals surface area contributed by atoms with E-state index in [9.17, 15) is 4.79 Å². The molecule has 1 aromatic heterocycles. The van der Waals surface area contributed by atoms with E-state index in [2.05, 4.69) is 16.3 Å². The smallest absolute Gasteiger partial charge is 0.222 e. The van der Waals surface area contributed by atoms with Crippen LogP contribution in [0, 0.1) is 0 Å². The standard InChI is InChI=1S/C14H22N2O2S/c1-15(6-7-16-8-10-18-11-9-16)14(17)5-4-13-3-2-12-19-13/h2-3,12H,4-11H2,1H3. The van der Waals surface area contributed by atoms with Crippen LogP contribution in [0.2, 0.25) is 0 Å². The molecule has 1 aromatic rings. The van der Waals surface area contributed by atoms with E-state index in [0.717, 1.165) is 45.8 Å². The number of likely N-dealkylation sites (N-methyl/N-ethyl adjacent to an activating group) is 1. The number of carbonyl (C=O) groups is 1. The van der Waals surface area contributed by atoms with Crippen LogP contribution >= 0.6 is 11.3 Å². The first-order valence-electron chi connectivity index (χ1n) is 6.82. The predicted octanol–water partition coefficient (Wildman–Crippen LogP) is 1.47. The molecule has 0 aliphatic carbocycles. The third-order valence-electron chi connectivity index (χ3n) is 3.45. The number of morpholine rings is 1. The molecular weight excluding hydrogens is 260 g/mol. The maximum Gasteiger partial charge on any atom is 0.222 e. The van der Waals surface area contributed by atoms with Crippen molar-refractivity contribution in [2.45, 2.75) is 12.8 Å². The maximum absolute atomic E-state index is 12.0. The van der Waals surface area contributed by atoms with Crippen LogP contribution in [0.5, 0.6) is 0 Å². The van der Waals surface area contributed by atoms with Gasteiger partial charge in [0.2, 0.25) is 5.91 Å². The lowest BCUT2D eigenvalue weighted by Crippen LogP contribution is -2.41. The van der Waals surface area contributed by atoms with Gasteiger partial charge in [0.15, 0.2) is 0 Å². The first-order valence-corrected chi connectivity index (χ1v) is 7.70. The second kappa shape index (κ2) is 7.62. The summed E-state index contributed by atoms with van der Waals surface area (Å²) >= 11 is 1.72. The summed E-state index contributed by atoms with van der Waals surface area (Å²) in [6.07, 6.45) is 1.47. The zero-order valence-corrected chi connectivity index (χ0v) is 12.3. The van der Waals surface area contributed by atoms with Crippen molar-refractivity contribution in [3.05, 3.63) is 22.4 Å². The van der Waals surface area contributed by atoms with E-state index in [1.54, 1.807) is 11.3 Å². The van der Waals surface area contributed by atoms with E-state index < -0.39 is 0 Å². The molecular formula is C14H22N2O2S. The topological polar surface area (TPSA) is 32.8 Å². The molecule has 1 aliphatic rings. The van der Waals surface area contributed by atoms with Crippen molar-refractivity contribution in [3.8, 4) is 0 Å². The quantitative estimate of drug-likeness (QED) is 0.792. The summed E-state index contributed by atoms with van der Waals surface area (Å²) in [6.45, 7) is 5.36. The van der Waals surface area contributed by atoms with Gasteiger partial charge in [0, 0.05) is 44.5 Å². The zero-order chi connectivity index (χ0) is 13.5. The van der Waals surface area contributed by atoms with E-state index in [0.29, 0.717) is 6.42 Å². The lowest BCUT2D eigenvalue weighted by atomic mass is 10.2. The van der Waals surface area contributed by atoms with Crippen LogP contribution < -0.4 is 0 Å². The Morgan fingerprint density at radius 2 is 2.26 bits per heavy atom. The SMILES string of the molecule is CN(CCN1CCOCC1)C(=O)CCc1cccs1. The van der Waals surface area contributed by atoms with E-state index in [-0.39, 0.29) is 5.91 Å². The average molecular weight is 282 g/mol. The Bertz CT molecular complexity index is 375. The molecule has 1 aliphatic heterocycles. The molecule has 2 heterocycles. The normalized spacial score (nSPS) is 16.5. The van der Waals surface area contributed by atoms with Crippen LogP contribution in [0.25, 0.3) is 0 Å². The van der Waals surface area contributed by atoms with Gasteiger partial charge in [-0.15, -0.1) is 11.3 Å². The summed E-state index contributed by atoms with van der Waals surface area (Å²) in [5, 5.41) is 2.06. The molecule has 0 aromatic carbocycles. The van der Waals surface area contributed by atoms with Crippen LogP contribution in [0.4, 0.5) is 0 Å². The van der Waals surface area contributed by atoms with Gasteiger partial charge in [-0.05, 0) is 17.9 Å². The van der Waals surface area contributed by atoms with Gasteiger partial charge < -0.3 is 9.64 Å². The van der Waals surface area contributed by atoms with Crippen molar-refractivity contribution < 1.29 is 9.53 Å². The van der Waals surface area contributed by atoms with E-state index in [4.69, 9.17) is 4.74 Å². The first kappa shape index (κ1) is 14.5. The predicted molar refractivity (Wildman–Crippen MR) is 77.5 cm³/mol. The zero-order valence-electron chi connectivity index (χ0n) is 11.5. The third-order valence-corrected chi connectivity index (χ3v) is 4.38. The van der Waals surface area contributed by atoms with Crippen molar-refractivity contribution in [1.82, 2.24) is 9.80 Å². The number of aryl methyl sites for hydroxylation is 1. The minimum atomic E-state index is 0.238. The van der Waals surface area contributed by atoms with Gasteiger partial charge >= 0.3 is 0 Å². The van der Waals surface area contributed by atoms with Crippen molar-refractivity contribution in [2.24, 2.45) is 0 Å². The summed E-state index contributed by atoms with van der Waals surface area (Å²) in [5.41, 5.74) is 0. The Labute approximate surface area is 119 Å². The Morgan fingerprint density at radius 3 is 2.95 bits per heavy atom. The van der Waals surface area contributed by atoms with Gasteiger partial charge in [-0.1, -0.05) is 6.07 Å². The lowest BCUT2D eigenvalue weighted by molar-refractivity contribution is -0.130. The molecule has 0 N–H and O–H groups in total. The van der Waals surface area contributed by atoms with Crippen LogP contribution in [-0.4, -0.2) is 62.1 Å². The van der Waals surface area contributed by atoms with Crippen molar-refractivity contribution in [2.75, 3.05) is 46.4 Å². The minimum Gasteiger partial charge on any atom is -0.379 e. The molecule has 0 spiro atoms. The summed E-state index contributed by atoms with van der Waals surface area (Å²) < 4.78 is 5.31. The molecule has 4 nitrogen and oxygen atoms in total. The molecule has 1 saturated heterocycles. The number of carbonyl (C=O) groups excluding carboxylic acids is 1. The van der Waals surface area contributed by atoms with Crippen molar-refractivity contribution in [1.29, 1.82) is 0 Å². The molecule has 2 rings (SSSR count). The highest BCUT2D eigenvalue weighted by Crippen LogP contribution is 2.11. The van der Waals surface area contributed by atoms with Crippen molar-refractivity contribution in [3.63, 3.8) is 0 Å². The number of thiophene rings is 1. The fourth-order valence-corrected chi connectivity index (χ4v) is 2.83. The summed E-state index contributed by atoms with van der Waals surface area (Å²) in [5.74, 6) is 0.238. The first-order chi connectivity index (χ1) is 9.25. The Morgan fingerprint density at radius 1 is 1.47 bits per heavy atom. The largest absolute Gasteiger partial charge is 0.379 e. The average Bonchev–Trinajstić information content (AvgIpc) is 2.96. The number of ether oxygens (including phenoxy) is 1. The van der Waals surface area contributed by atoms with Gasteiger partial charge in [-0.3, -0.25) is 9.69 Å². The monoisotopic (exact) mass is 282 g/mol. The Balaban J connectivity index is 1.64. The highest BCUT2D eigenvalue weighted by molar-refractivity contribution is 7.09. The number of hydrogen-bond donors (Lipinski definition) is 0. The number of nitrogens with zero attached hydrogens (tertiary/aromatic N) is 2. The Kier molecular flexibility index (Phi) is 5.82. The summed E-state index contributed by atoms with van der Waals surface area (Å²) in [4.78, 5) is 17.5. The van der Waals surface area contributed by atoms with E-state index >= 15 is 0 Å². The van der Waals surface area contributed by atoms with Crippen molar-refractivity contribution >= 4 is 17.2 Å². The third kappa shape index (κ3) is 4.93. The van der Waals surface area contributed by atoms with Gasteiger partial charge in [0.05, 0.1) is 13.2 Å². The number of amides is 1. The molecule has 1 fully saturated rings. The minimum absolute atomic E-state index is 0.238. The number of rotatable bonds is 6. The molecule has 0 atom stereocenters. The summed E-state index contributed by atoms with van der Waals surface area (Å²) in [6, 6.07) is 4.12. The molecule has 0 bridgehead atoms. The molecule has 5 heteroatoms. The van der Waals surface area contributed by atoms with Crippen LogP contribution in [0.3, 0.4) is 0 Å². The molecule has 19 heavy (non-hydrogen) atoms. The van der Waals surface area contributed by atoms with E-state index in [1.165, 1.54) is 4.88 Å². The molecule has 1 amide bonds. The second-order valence-corrected chi connectivity index (χ2v) is 5.88. The Hall–Kier alpha value is -0.910. The second-order valence-electron chi connectivity index (χ2n) is 4.85. The maximum atomic E-state index is 12.0. The molecule has 0 saturated carbocycles. The molecule has 0 radical (unpaired) electrons. The van der Waals surface area contributed by atoms with E-state index in [1.807, 2.05) is 18.0 Å². The van der Waals surface area contributed by atoms with Gasteiger partial charge in [-0.2, -0.15) is 0 Å². The van der Waals surface area contributed by atoms with Crippen LogP contribution in [0.15, 0.2) is 17.5 Å².